The van der Waals surface area contributed by atoms with Crippen LogP contribution in [0.3, 0.4) is 0 Å². The van der Waals surface area contributed by atoms with Crippen molar-refractivity contribution in [2.45, 2.75) is 19.4 Å². The van der Waals surface area contributed by atoms with Crippen molar-refractivity contribution in [1.82, 2.24) is 0 Å². The van der Waals surface area contributed by atoms with Crippen LogP contribution in [0.2, 0.25) is 0 Å². The van der Waals surface area contributed by atoms with Gasteiger partial charge in [0.1, 0.15) is 0 Å². The van der Waals surface area contributed by atoms with Crippen LogP contribution in [0, 0.1) is 6.92 Å². The van der Waals surface area contributed by atoms with Gasteiger partial charge in [-0.2, -0.15) is 0 Å². The Labute approximate surface area is 94.6 Å². The third kappa shape index (κ3) is 4.30. The van der Waals surface area contributed by atoms with Gasteiger partial charge in [0.05, 0.1) is 19.3 Å². The number of methoxy groups -OCH3 is 1. The standard InChI is InChI=1S/C11H18O3S/c1-9-4-8-15-11(9)10(12)3-5-14-7-6-13-2/h4,8,10,12H,3,5-7H2,1-2H3. The molecule has 0 saturated carbocycles. The summed E-state index contributed by atoms with van der Waals surface area (Å²) in [4.78, 5) is 1.05. The number of aliphatic hydroxyl groups excluding tert-OH is 1. The Kier molecular flexibility index (Phi) is 5.86. The highest BCUT2D eigenvalue weighted by Crippen LogP contribution is 2.25. The summed E-state index contributed by atoms with van der Waals surface area (Å²) in [7, 11) is 1.65. The zero-order valence-electron chi connectivity index (χ0n) is 9.23. The van der Waals surface area contributed by atoms with Crippen LogP contribution in [0.1, 0.15) is 23.0 Å². The summed E-state index contributed by atoms with van der Waals surface area (Å²) in [5, 5.41) is 11.8. The summed E-state index contributed by atoms with van der Waals surface area (Å²) < 4.78 is 10.2. The number of hydrogen-bond donors (Lipinski definition) is 1. The summed E-state index contributed by atoms with van der Waals surface area (Å²) in [6, 6.07) is 2.02. The Bertz CT molecular complexity index is 273. The quantitative estimate of drug-likeness (QED) is 0.729. The molecule has 0 aromatic carbocycles. The highest BCUT2D eigenvalue weighted by molar-refractivity contribution is 7.10. The Morgan fingerprint density at radius 1 is 1.40 bits per heavy atom. The van der Waals surface area contributed by atoms with Crippen molar-refractivity contribution in [2.75, 3.05) is 26.9 Å². The number of rotatable bonds is 7. The van der Waals surface area contributed by atoms with Crippen molar-refractivity contribution in [3.05, 3.63) is 21.9 Å². The van der Waals surface area contributed by atoms with Crippen LogP contribution in [0.25, 0.3) is 0 Å². The van der Waals surface area contributed by atoms with E-state index in [9.17, 15) is 5.11 Å². The van der Waals surface area contributed by atoms with Gasteiger partial charge in [0, 0.05) is 25.0 Å². The van der Waals surface area contributed by atoms with E-state index >= 15 is 0 Å². The minimum absolute atomic E-state index is 0.396. The van der Waals surface area contributed by atoms with Gasteiger partial charge in [0.2, 0.25) is 0 Å². The van der Waals surface area contributed by atoms with E-state index in [0.29, 0.717) is 26.2 Å². The predicted octanol–water partition coefficient (Wildman–Crippen LogP) is 2.14. The summed E-state index contributed by atoms with van der Waals surface area (Å²) in [6.07, 6.45) is 0.248. The largest absolute Gasteiger partial charge is 0.387 e. The fraction of sp³-hybridized carbons (Fsp3) is 0.636. The lowest BCUT2D eigenvalue weighted by atomic mass is 10.1. The van der Waals surface area contributed by atoms with Gasteiger partial charge in [-0.15, -0.1) is 11.3 Å². The highest BCUT2D eigenvalue weighted by atomic mass is 32.1. The summed E-state index contributed by atoms with van der Waals surface area (Å²) in [5.74, 6) is 0. The molecule has 1 atom stereocenters. The fourth-order valence-electron chi connectivity index (χ4n) is 1.30. The van der Waals surface area contributed by atoms with E-state index in [4.69, 9.17) is 9.47 Å². The van der Waals surface area contributed by atoms with Crippen molar-refractivity contribution in [3.63, 3.8) is 0 Å². The van der Waals surface area contributed by atoms with Crippen LogP contribution in [0.5, 0.6) is 0 Å². The smallest absolute Gasteiger partial charge is 0.0906 e. The number of thiophene rings is 1. The van der Waals surface area contributed by atoms with Crippen molar-refractivity contribution in [2.24, 2.45) is 0 Å². The maximum absolute atomic E-state index is 9.85. The Morgan fingerprint density at radius 2 is 2.20 bits per heavy atom. The zero-order chi connectivity index (χ0) is 11.1. The molecule has 0 bridgehead atoms. The molecular weight excluding hydrogens is 212 g/mol. The second-order valence-electron chi connectivity index (χ2n) is 3.38. The lowest BCUT2D eigenvalue weighted by Gasteiger charge is -2.10. The molecule has 0 radical (unpaired) electrons. The lowest BCUT2D eigenvalue weighted by Crippen LogP contribution is -2.06. The van der Waals surface area contributed by atoms with Gasteiger partial charge in [0.25, 0.3) is 0 Å². The highest BCUT2D eigenvalue weighted by Gasteiger charge is 2.11. The van der Waals surface area contributed by atoms with E-state index in [1.54, 1.807) is 18.4 Å². The fourth-order valence-corrected chi connectivity index (χ4v) is 2.24. The van der Waals surface area contributed by atoms with Crippen LogP contribution in [0.4, 0.5) is 0 Å². The average molecular weight is 230 g/mol. The first-order valence-electron chi connectivity index (χ1n) is 5.04. The SMILES string of the molecule is COCCOCCC(O)c1sccc1C. The van der Waals surface area contributed by atoms with Crippen LogP contribution in [-0.4, -0.2) is 32.0 Å². The molecule has 0 amide bonds. The molecule has 0 fully saturated rings. The van der Waals surface area contributed by atoms with Gasteiger partial charge < -0.3 is 14.6 Å². The minimum atomic E-state index is -0.396. The molecule has 1 N–H and O–H groups in total. The molecule has 0 saturated heterocycles. The molecule has 0 spiro atoms. The van der Waals surface area contributed by atoms with Gasteiger partial charge in [-0.25, -0.2) is 0 Å². The molecular formula is C11H18O3S. The first-order valence-corrected chi connectivity index (χ1v) is 5.92. The molecule has 4 heteroatoms. The maximum Gasteiger partial charge on any atom is 0.0906 e. The molecule has 3 nitrogen and oxygen atoms in total. The third-order valence-corrected chi connectivity index (χ3v) is 3.29. The molecule has 86 valence electrons. The summed E-state index contributed by atoms with van der Waals surface area (Å²) in [6.45, 7) is 3.78. The average Bonchev–Trinajstić information content (AvgIpc) is 2.64. The summed E-state index contributed by atoms with van der Waals surface area (Å²) >= 11 is 1.60. The Hall–Kier alpha value is -0.420. The third-order valence-electron chi connectivity index (χ3n) is 2.17. The van der Waals surface area contributed by atoms with Gasteiger partial charge >= 0.3 is 0 Å². The molecule has 1 unspecified atom stereocenters. The maximum atomic E-state index is 9.85. The molecule has 15 heavy (non-hydrogen) atoms. The number of aryl methyl sites for hydroxylation is 1. The van der Waals surface area contributed by atoms with E-state index in [1.807, 2.05) is 18.4 Å². The minimum Gasteiger partial charge on any atom is -0.387 e. The van der Waals surface area contributed by atoms with E-state index in [-0.39, 0.29) is 0 Å². The van der Waals surface area contributed by atoms with Gasteiger partial charge in [-0.05, 0) is 23.9 Å². The first kappa shape index (κ1) is 12.6. The van der Waals surface area contributed by atoms with E-state index in [1.165, 1.54) is 0 Å². The van der Waals surface area contributed by atoms with Crippen LogP contribution >= 0.6 is 11.3 Å². The first-order chi connectivity index (χ1) is 7.25. The lowest BCUT2D eigenvalue weighted by molar-refractivity contribution is 0.0481. The Morgan fingerprint density at radius 3 is 2.80 bits per heavy atom. The van der Waals surface area contributed by atoms with Crippen molar-refractivity contribution < 1.29 is 14.6 Å². The topological polar surface area (TPSA) is 38.7 Å². The molecule has 1 aromatic heterocycles. The molecule has 1 heterocycles. The van der Waals surface area contributed by atoms with Gasteiger partial charge in [-0.3, -0.25) is 0 Å². The Balaban J connectivity index is 2.19. The normalized spacial score (nSPS) is 13.0. The number of ether oxygens (including phenoxy) is 2. The van der Waals surface area contributed by atoms with Crippen molar-refractivity contribution >= 4 is 11.3 Å². The van der Waals surface area contributed by atoms with Gasteiger partial charge in [0.15, 0.2) is 0 Å². The van der Waals surface area contributed by atoms with E-state index in [2.05, 4.69) is 0 Å². The van der Waals surface area contributed by atoms with Gasteiger partial charge in [-0.1, -0.05) is 0 Å². The van der Waals surface area contributed by atoms with Crippen LogP contribution in [0.15, 0.2) is 11.4 Å². The second-order valence-corrected chi connectivity index (χ2v) is 4.33. The van der Waals surface area contributed by atoms with E-state index < -0.39 is 6.10 Å². The summed E-state index contributed by atoms with van der Waals surface area (Å²) in [5.41, 5.74) is 1.16. The molecule has 0 aliphatic carbocycles. The van der Waals surface area contributed by atoms with Crippen LogP contribution < -0.4 is 0 Å². The monoisotopic (exact) mass is 230 g/mol. The number of aliphatic hydroxyl groups is 1. The zero-order valence-corrected chi connectivity index (χ0v) is 10.0. The second kappa shape index (κ2) is 6.95. The van der Waals surface area contributed by atoms with E-state index in [0.717, 1.165) is 10.4 Å². The molecule has 1 rings (SSSR count). The van der Waals surface area contributed by atoms with Crippen molar-refractivity contribution in [1.29, 1.82) is 0 Å². The molecule has 0 aliphatic heterocycles. The van der Waals surface area contributed by atoms with Crippen LogP contribution in [-0.2, 0) is 9.47 Å². The van der Waals surface area contributed by atoms with Crippen molar-refractivity contribution in [3.8, 4) is 0 Å². The predicted molar refractivity (Wildman–Crippen MR) is 61.3 cm³/mol. The number of hydrogen-bond acceptors (Lipinski definition) is 4. The molecule has 1 aromatic rings. The molecule has 0 aliphatic rings.